The van der Waals surface area contributed by atoms with Gasteiger partial charge in [0.25, 0.3) is 5.91 Å². The lowest BCUT2D eigenvalue weighted by Crippen LogP contribution is -2.15. The fourth-order valence-electron chi connectivity index (χ4n) is 1.57. The van der Waals surface area contributed by atoms with E-state index in [2.05, 4.69) is 17.2 Å². The quantitative estimate of drug-likeness (QED) is 0.704. The van der Waals surface area contributed by atoms with Crippen LogP contribution in [0.1, 0.15) is 15.9 Å². The summed E-state index contributed by atoms with van der Waals surface area (Å²) in [6.07, 6.45) is 1.17. The molecule has 15 heavy (non-hydrogen) atoms. The van der Waals surface area contributed by atoms with Crippen LogP contribution in [-0.4, -0.2) is 11.8 Å². The lowest BCUT2D eigenvalue weighted by Gasteiger charge is -2.06. The van der Waals surface area contributed by atoms with Crippen molar-refractivity contribution >= 4 is 17.5 Å². The predicted octanol–water partition coefficient (Wildman–Crippen LogP) is 1.05. The number of anilines is 1. The average molecular weight is 202 g/mol. The normalized spacial score (nSPS) is 12.9. The van der Waals surface area contributed by atoms with Crippen LogP contribution in [0.2, 0.25) is 0 Å². The third kappa shape index (κ3) is 1.61. The maximum absolute atomic E-state index is 11.5. The SMILES string of the molecule is C=CC(=O)Nc1cccc2c1C(=O)NC2. The van der Waals surface area contributed by atoms with E-state index in [1.807, 2.05) is 6.07 Å². The maximum Gasteiger partial charge on any atom is 0.254 e. The third-order valence-electron chi connectivity index (χ3n) is 2.26. The Kier molecular flexibility index (Phi) is 2.25. The zero-order chi connectivity index (χ0) is 10.8. The summed E-state index contributed by atoms with van der Waals surface area (Å²) < 4.78 is 0. The Morgan fingerprint density at radius 3 is 3.07 bits per heavy atom. The highest BCUT2D eigenvalue weighted by atomic mass is 16.2. The van der Waals surface area contributed by atoms with Crippen LogP contribution < -0.4 is 10.6 Å². The van der Waals surface area contributed by atoms with E-state index in [9.17, 15) is 9.59 Å². The maximum atomic E-state index is 11.5. The molecule has 1 heterocycles. The number of fused-ring (bicyclic) bond motifs is 1. The third-order valence-corrected chi connectivity index (χ3v) is 2.26. The Morgan fingerprint density at radius 2 is 2.33 bits per heavy atom. The van der Waals surface area contributed by atoms with E-state index in [0.717, 1.165) is 5.56 Å². The van der Waals surface area contributed by atoms with Crippen molar-refractivity contribution in [3.05, 3.63) is 42.0 Å². The molecule has 0 spiro atoms. The van der Waals surface area contributed by atoms with E-state index in [1.165, 1.54) is 6.08 Å². The van der Waals surface area contributed by atoms with Crippen LogP contribution in [0.5, 0.6) is 0 Å². The highest BCUT2D eigenvalue weighted by molar-refractivity contribution is 6.08. The topological polar surface area (TPSA) is 58.2 Å². The molecule has 1 aromatic carbocycles. The van der Waals surface area contributed by atoms with Crippen molar-refractivity contribution in [1.29, 1.82) is 0 Å². The first-order valence-corrected chi connectivity index (χ1v) is 4.56. The van der Waals surface area contributed by atoms with Crippen LogP contribution in [0, 0.1) is 0 Å². The fraction of sp³-hybridized carbons (Fsp3) is 0.0909. The molecule has 0 saturated heterocycles. The molecule has 1 aromatic rings. The average Bonchev–Trinajstić information content (AvgIpc) is 2.61. The second-order valence-electron chi connectivity index (χ2n) is 3.22. The van der Waals surface area contributed by atoms with E-state index < -0.39 is 0 Å². The summed E-state index contributed by atoms with van der Waals surface area (Å²) >= 11 is 0. The van der Waals surface area contributed by atoms with Gasteiger partial charge in [0.2, 0.25) is 5.91 Å². The predicted molar refractivity (Wildman–Crippen MR) is 56.4 cm³/mol. The standard InChI is InChI=1S/C11H10N2O2/c1-2-9(14)13-8-5-3-4-7-6-12-11(15)10(7)8/h2-5H,1,6H2,(H,12,15)(H,13,14). The molecule has 1 aliphatic heterocycles. The highest BCUT2D eigenvalue weighted by Crippen LogP contribution is 2.23. The van der Waals surface area contributed by atoms with Gasteiger partial charge in [0.05, 0.1) is 11.3 Å². The molecule has 0 aromatic heterocycles. The summed E-state index contributed by atoms with van der Waals surface area (Å²) in [6, 6.07) is 5.36. The van der Waals surface area contributed by atoms with Crippen LogP contribution in [-0.2, 0) is 11.3 Å². The van der Waals surface area contributed by atoms with Crippen LogP contribution in [0.15, 0.2) is 30.9 Å². The van der Waals surface area contributed by atoms with E-state index in [1.54, 1.807) is 12.1 Å². The van der Waals surface area contributed by atoms with E-state index >= 15 is 0 Å². The Labute approximate surface area is 87.0 Å². The molecule has 0 unspecified atom stereocenters. The van der Waals surface area contributed by atoms with E-state index in [4.69, 9.17) is 0 Å². The first kappa shape index (κ1) is 9.45. The number of nitrogens with one attached hydrogen (secondary N) is 2. The highest BCUT2D eigenvalue weighted by Gasteiger charge is 2.22. The van der Waals surface area contributed by atoms with Gasteiger partial charge in [-0.3, -0.25) is 9.59 Å². The molecule has 4 heteroatoms. The summed E-state index contributed by atoms with van der Waals surface area (Å²) in [5, 5.41) is 5.31. The second kappa shape index (κ2) is 3.57. The monoisotopic (exact) mass is 202 g/mol. The van der Waals surface area contributed by atoms with Gasteiger partial charge in [0, 0.05) is 6.54 Å². The summed E-state index contributed by atoms with van der Waals surface area (Å²) in [6.45, 7) is 3.88. The Morgan fingerprint density at radius 1 is 1.53 bits per heavy atom. The zero-order valence-electron chi connectivity index (χ0n) is 8.04. The molecular formula is C11H10N2O2. The minimum Gasteiger partial charge on any atom is -0.348 e. The molecule has 0 radical (unpaired) electrons. The second-order valence-corrected chi connectivity index (χ2v) is 3.22. The van der Waals surface area contributed by atoms with Gasteiger partial charge in [-0.1, -0.05) is 18.7 Å². The molecule has 2 N–H and O–H groups in total. The molecule has 4 nitrogen and oxygen atoms in total. The number of hydrogen-bond acceptors (Lipinski definition) is 2. The molecule has 2 rings (SSSR count). The van der Waals surface area contributed by atoms with Crippen molar-refractivity contribution in [3.63, 3.8) is 0 Å². The molecule has 76 valence electrons. The van der Waals surface area contributed by atoms with Gasteiger partial charge in [-0.2, -0.15) is 0 Å². The van der Waals surface area contributed by atoms with Crippen molar-refractivity contribution in [2.45, 2.75) is 6.54 Å². The minimum absolute atomic E-state index is 0.148. The van der Waals surface area contributed by atoms with E-state index in [0.29, 0.717) is 17.8 Å². The van der Waals surface area contributed by atoms with Crippen molar-refractivity contribution in [3.8, 4) is 0 Å². The van der Waals surface area contributed by atoms with Gasteiger partial charge in [0.1, 0.15) is 0 Å². The number of amides is 2. The van der Waals surface area contributed by atoms with Gasteiger partial charge in [-0.25, -0.2) is 0 Å². The van der Waals surface area contributed by atoms with Gasteiger partial charge in [0.15, 0.2) is 0 Å². The molecule has 0 saturated carbocycles. The van der Waals surface area contributed by atoms with E-state index in [-0.39, 0.29) is 11.8 Å². The Balaban J connectivity index is 2.40. The number of rotatable bonds is 2. The van der Waals surface area contributed by atoms with Crippen molar-refractivity contribution in [2.75, 3.05) is 5.32 Å². The summed E-state index contributed by atoms with van der Waals surface area (Å²) in [5.41, 5.74) is 1.99. The lowest BCUT2D eigenvalue weighted by atomic mass is 10.1. The first-order valence-electron chi connectivity index (χ1n) is 4.56. The van der Waals surface area contributed by atoms with Crippen molar-refractivity contribution in [1.82, 2.24) is 5.32 Å². The van der Waals surface area contributed by atoms with Gasteiger partial charge >= 0.3 is 0 Å². The molecule has 0 aliphatic carbocycles. The first-order chi connectivity index (χ1) is 7.22. The Bertz CT molecular complexity index is 452. The van der Waals surface area contributed by atoms with Crippen molar-refractivity contribution < 1.29 is 9.59 Å². The molecular weight excluding hydrogens is 192 g/mol. The molecule has 0 atom stereocenters. The van der Waals surface area contributed by atoms with Crippen molar-refractivity contribution in [2.24, 2.45) is 0 Å². The van der Waals surface area contributed by atoms with Crippen LogP contribution in [0.4, 0.5) is 5.69 Å². The van der Waals surface area contributed by atoms with Crippen LogP contribution in [0.25, 0.3) is 0 Å². The smallest absolute Gasteiger partial charge is 0.254 e. The number of benzene rings is 1. The lowest BCUT2D eigenvalue weighted by molar-refractivity contribution is -0.111. The molecule has 0 bridgehead atoms. The number of carbonyl (C=O) groups is 2. The van der Waals surface area contributed by atoms with Gasteiger partial charge in [-0.05, 0) is 17.7 Å². The summed E-state index contributed by atoms with van der Waals surface area (Å²) in [4.78, 5) is 22.6. The Hall–Kier alpha value is -2.10. The fourth-order valence-corrected chi connectivity index (χ4v) is 1.57. The zero-order valence-corrected chi connectivity index (χ0v) is 8.04. The molecule has 1 aliphatic rings. The largest absolute Gasteiger partial charge is 0.348 e. The van der Waals surface area contributed by atoms with Gasteiger partial charge < -0.3 is 10.6 Å². The van der Waals surface area contributed by atoms with Gasteiger partial charge in [-0.15, -0.1) is 0 Å². The minimum atomic E-state index is -0.317. The number of hydrogen-bond donors (Lipinski definition) is 2. The molecule has 0 fully saturated rings. The van der Waals surface area contributed by atoms with Crippen LogP contribution >= 0.6 is 0 Å². The molecule has 2 amide bonds. The summed E-state index contributed by atoms with van der Waals surface area (Å²) in [7, 11) is 0. The summed E-state index contributed by atoms with van der Waals surface area (Å²) in [5.74, 6) is -0.465. The van der Waals surface area contributed by atoms with Crippen LogP contribution in [0.3, 0.4) is 0 Å². The number of carbonyl (C=O) groups excluding carboxylic acids is 2.